The second-order valence-electron chi connectivity index (χ2n) is 4.38. The third-order valence-corrected chi connectivity index (χ3v) is 2.72. The standard InChI is InChI=1S/C15H16N4O2/c1-19-11-17-14(18-19)7-8-16-15(21)13-6-2-4-12(10-13)5-3-9-20/h2,4,6,10-11,20H,7-9H2,1H3,(H,16,21). The van der Waals surface area contributed by atoms with Gasteiger partial charge in [0.1, 0.15) is 12.9 Å². The van der Waals surface area contributed by atoms with Crippen molar-refractivity contribution >= 4 is 5.91 Å². The lowest BCUT2D eigenvalue weighted by Gasteiger charge is -2.04. The van der Waals surface area contributed by atoms with E-state index in [2.05, 4.69) is 27.2 Å². The number of nitrogens with one attached hydrogen (secondary N) is 1. The first-order valence-electron chi connectivity index (χ1n) is 6.51. The average molecular weight is 284 g/mol. The fourth-order valence-corrected chi connectivity index (χ4v) is 1.77. The highest BCUT2D eigenvalue weighted by Gasteiger charge is 2.06. The number of aryl methyl sites for hydroxylation is 1. The lowest BCUT2D eigenvalue weighted by atomic mass is 10.1. The largest absolute Gasteiger partial charge is 0.384 e. The summed E-state index contributed by atoms with van der Waals surface area (Å²) in [6.45, 7) is 0.267. The monoisotopic (exact) mass is 284 g/mol. The Labute approximate surface area is 122 Å². The minimum absolute atomic E-state index is 0.168. The van der Waals surface area contributed by atoms with Crippen LogP contribution in [0.5, 0.6) is 0 Å². The Morgan fingerprint density at radius 3 is 3.05 bits per heavy atom. The fraction of sp³-hybridized carbons (Fsp3) is 0.267. The number of aliphatic hydroxyl groups excluding tert-OH is 1. The molecule has 21 heavy (non-hydrogen) atoms. The van der Waals surface area contributed by atoms with Crippen molar-refractivity contribution < 1.29 is 9.90 Å². The molecule has 1 heterocycles. The van der Waals surface area contributed by atoms with Gasteiger partial charge < -0.3 is 10.4 Å². The van der Waals surface area contributed by atoms with Gasteiger partial charge >= 0.3 is 0 Å². The number of benzene rings is 1. The van der Waals surface area contributed by atoms with E-state index in [4.69, 9.17) is 5.11 Å². The molecule has 0 saturated carbocycles. The van der Waals surface area contributed by atoms with Gasteiger partial charge in [0.25, 0.3) is 5.91 Å². The molecule has 6 heteroatoms. The molecule has 0 saturated heterocycles. The van der Waals surface area contributed by atoms with Crippen LogP contribution in [-0.4, -0.2) is 38.9 Å². The van der Waals surface area contributed by atoms with Crippen LogP contribution in [-0.2, 0) is 13.5 Å². The first kappa shape index (κ1) is 14.8. The maximum Gasteiger partial charge on any atom is 0.251 e. The van der Waals surface area contributed by atoms with Crippen molar-refractivity contribution in [2.75, 3.05) is 13.2 Å². The van der Waals surface area contributed by atoms with E-state index in [0.29, 0.717) is 29.9 Å². The van der Waals surface area contributed by atoms with Gasteiger partial charge in [-0.05, 0) is 18.2 Å². The quantitative estimate of drug-likeness (QED) is 0.782. The molecular weight excluding hydrogens is 268 g/mol. The number of amides is 1. The van der Waals surface area contributed by atoms with Crippen LogP contribution in [0.15, 0.2) is 30.6 Å². The second kappa shape index (κ2) is 7.22. The molecule has 2 rings (SSSR count). The summed E-state index contributed by atoms with van der Waals surface area (Å²) < 4.78 is 1.63. The predicted molar refractivity (Wildman–Crippen MR) is 77.4 cm³/mol. The van der Waals surface area contributed by atoms with Crippen LogP contribution in [0.1, 0.15) is 21.7 Å². The Morgan fingerprint density at radius 2 is 2.33 bits per heavy atom. The van der Waals surface area contributed by atoms with Crippen molar-refractivity contribution in [1.29, 1.82) is 0 Å². The van der Waals surface area contributed by atoms with Crippen molar-refractivity contribution in [3.05, 3.63) is 47.5 Å². The van der Waals surface area contributed by atoms with Crippen molar-refractivity contribution in [3.63, 3.8) is 0 Å². The first-order valence-corrected chi connectivity index (χ1v) is 6.51. The molecule has 6 nitrogen and oxygen atoms in total. The topological polar surface area (TPSA) is 80.0 Å². The Morgan fingerprint density at radius 1 is 1.48 bits per heavy atom. The lowest BCUT2D eigenvalue weighted by molar-refractivity contribution is 0.0954. The molecule has 1 amide bonds. The normalized spacial score (nSPS) is 9.81. The Hall–Kier alpha value is -2.65. The minimum atomic E-state index is -0.201. The van der Waals surface area contributed by atoms with E-state index >= 15 is 0 Å². The van der Waals surface area contributed by atoms with Gasteiger partial charge in [-0.15, -0.1) is 0 Å². The van der Waals surface area contributed by atoms with E-state index < -0.39 is 0 Å². The number of rotatable bonds is 4. The van der Waals surface area contributed by atoms with Crippen LogP contribution in [0, 0.1) is 11.8 Å². The number of carbonyl (C=O) groups excluding carboxylic acids is 1. The molecule has 2 N–H and O–H groups in total. The maximum absolute atomic E-state index is 12.0. The number of aliphatic hydroxyl groups is 1. The lowest BCUT2D eigenvalue weighted by Crippen LogP contribution is -2.26. The summed E-state index contributed by atoms with van der Waals surface area (Å²) in [5.74, 6) is 5.85. The van der Waals surface area contributed by atoms with Gasteiger partial charge in [-0.1, -0.05) is 17.9 Å². The van der Waals surface area contributed by atoms with Crippen LogP contribution in [0.3, 0.4) is 0 Å². The number of aromatic nitrogens is 3. The van der Waals surface area contributed by atoms with Gasteiger partial charge in [0.2, 0.25) is 0 Å². The molecule has 0 aliphatic carbocycles. The third-order valence-electron chi connectivity index (χ3n) is 2.72. The van der Waals surface area contributed by atoms with Gasteiger partial charge in [-0.25, -0.2) is 4.98 Å². The number of carbonyl (C=O) groups is 1. The van der Waals surface area contributed by atoms with Crippen LogP contribution >= 0.6 is 0 Å². The summed E-state index contributed by atoms with van der Waals surface area (Å²) in [4.78, 5) is 16.1. The highest BCUT2D eigenvalue weighted by Crippen LogP contribution is 2.04. The zero-order chi connectivity index (χ0) is 15.1. The van der Waals surface area contributed by atoms with E-state index in [1.165, 1.54) is 0 Å². The Bertz CT molecular complexity index is 682. The molecule has 1 aromatic carbocycles. The van der Waals surface area contributed by atoms with Gasteiger partial charge in [0.05, 0.1) is 0 Å². The second-order valence-corrected chi connectivity index (χ2v) is 4.38. The SMILES string of the molecule is Cn1cnc(CCNC(=O)c2cccc(C#CCO)c2)n1. The maximum atomic E-state index is 12.0. The molecule has 0 aliphatic rings. The molecule has 108 valence electrons. The van der Waals surface area contributed by atoms with Crippen molar-refractivity contribution in [3.8, 4) is 11.8 Å². The molecule has 0 spiro atoms. The highest BCUT2D eigenvalue weighted by molar-refractivity contribution is 5.94. The number of hydrogen-bond acceptors (Lipinski definition) is 4. The first-order chi connectivity index (χ1) is 10.2. The molecule has 0 fully saturated rings. The van der Waals surface area contributed by atoms with Crippen LogP contribution in [0.4, 0.5) is 0 Å². The molecule has 0 unspecified atom stereocenters. The molecule has 0 radical (unpaired) electrons. The van der Waals surface area contributed by atoms with E-state index in [0.717, 1.165) is 0 Å². The van der Waals surface area contributed by atoms with E-state index in [9.17, 15) is 4.79 Å². The molecule has 2 aromatic rings. The van der Waals surface area contributed by atoms with E-state index in [1.54, 1.807) is 42.3 Å². The van der Waals surface area contributed by atoms with Crippen molar-refractivity contribution in [1.82, 2.24) is 20.1 Å². The van der Waals surface area contributed by atoms with Crippen LogP contribution in [0.2, 0.25) is 0 Å². The highest BCUT2D eigenvalue weighted by atomic mass is 16.2. The van der Waals surface area contributed by atoms with Gasteiger partial charge in [0.15, 0.2) is 5.82 Å². The van der Waals surface area contributed by atoms with Crippen LogP contribution in [0.25, 0.3) is 0 Å². The summed E-state index contributed by atoms with van der Waals surface area (Å²) in [6, 6.07) is 6.96. The summed E-state index contributed by atoms with van der Waals surface area (Å²) in [6.07, 6.45) is 2.21. The van der Waals surface area contributed by atoms with E-state index in [-0.39, 0.29) is 12.5 Å². The van der Waals surface area contributed by atoms with Gasteiger partial charge in [-0.3, -0.25) is 9.48 Å². The zero-order valence-corrected chi connectivity index (χ0v) is 11.7. The molecule has 1 aromatic heterocycles. The molecule has 0 atom stereocenters. The Kier molecular flexibility index (Phi) is 5.07. The fourth-order valence-electron chi connectivity index (χ4n) is 1.77. The number of nitrogens with zero attached hydrogens (tertiary/aromatic N) is 3. The molecule has 0 aliphatic heterocycles. The van der Waals surface area contributed by atoms with Gasteiger partial charge in [-0.2, -0.15) is 5.10 Å². The minimum Gasteiger partial charge on any atom is -0.384 e. The van der Waals surface area contributed by atoms with Gasteiger partial charge in [0, 0.05) is 31.1 Å². The van der Waals surface area contributed by atoms with Crippen molar-refractivity contribution in [2.24, 2.45) is 7.05 Å². The summed E-state index contributed by atoms with van der Waals surface area (Å²) >= 11 is 0. The van der Waals surface area contributed by atoms with Crippen LogP contribution < -0.4 is 5.32 Å². The predicted octanol–water partition coefficient (Wildman–Crippen LogP) is 0.131. The summed E-state index contributed by atoms with van der Waals surface area (Å²) in [5, 5.41) is 15.6. The smallest absolute Gasteiger partial charge is 0.251 e. The number of hydrogen-bond donors (Lipinski definition) is 2. The summed E-state index contributed by atoms with van der Waals surface area (Å²) in [7, 11) is 1.80. The van der Waals surface area contributed by atoms with Crippen molar-refractivity contribution in [2.45, 2.75) is 6.42 Å². The molecule has 0 bridgehead atoms. The zero-order valence-electron chi connectivity index (χ0n) is 11.7. The summed E-state index contributed by atoms with van der Waals surface area (Å²) in [5.41, 5.74) is 1.23. The third kappa shape index (κ3) is 4.44. The van der Waals surface area contributed by atoms with E-state index in [1.807, 2.05) is 0 Å². The average Bonchev–Trinajstić information content (AvgIpc) is 2.91. The Balaban J connectivity index is 1.91. The molecular formula is C15H16N4O2.